The number of hydrogen-bond acceptors (Lipinski definition) is 5. The number of carbonyl (C=O) groups is 1. The van der Waals surface area contributed by atoms with Gasteiger partial charge in [-0.15, -0.1) is 0 Å². The van der Waals surface area contributed by atoms with Crippen molar-refractivity contribution in [2.45, 2.75) is 33.6 Å². The van der Waals surface area contributed by atoms with E-state index in [1.54, 1.807) is 6.92 Å². The quantitative estimate of drug-likeness (QED) is 0.642. The summed E-state index contributed by atoms with van der Waals surface area (Å²) in [7, 11) is 0. The molecule has 0 spiro atoms. The number of hydrogen-bond donors (Lipinski definition) is 1. The van der Waals surface area contributed by atoms with E-state index in [0.717, 1.165) is 12.0 Å². The van der Waals surface area contributed by atoms with Gasteiger partial charge in [0, 0.05) is 5.56 Å². The molecule has 0 saturated carbocycles. The Morgan fingerprint density at radius 2 is 2.00 bits per heavy atom. The largest absolute Gasteiger partial charge is 0.462 e. The summed E-state index contributed by atoms with van der Waals surface area (Å²) in [5.41, 5.74) is 9.11. The average molecular weight is 352 g/mol. The molecule has 0 bridgehead atoms. The number of carbonyl (C=O) groups excluding carboxylic acids is 1. The van der Waals surface area contributed by atoms with E-state index in [0.29, 0.717) is 52.8 Å². The summed E-state index contributed by atoms with van der Waals surface area (Å²) in [4.78, 5) is 17.1. The topological polar surface area (TPSA) is 78.3 Å². The van der Waals surface area contributed by atoms with Crippen LogP contribution in [-0.4, -0.2) is 17.6 Å². The first-order valence-corrected chi connectivity index (χ1v) is 8.95. The van der Waals surface area contributed by atoms with Crippen LogP contribution < -0.4 is 5.73 Å². The molecule has 26 heavy (non-hydrogen) atoms. The molecule has 2 aromatic heterocycles. The summed E-state index contributed by atoms with van der Waals surface area (Å²) < 4.78 is 11.1. The van der Waals surface area contributed by atoms with E-state index in [9.17, 15) is 4.79 Å². The lowest BCUT2D eigenvalue weighted by molar-refractivity contribution is 0.0526. The molecule has 5 heteroatoms. The van der Waals surface area contributed by atoms with Crippen molar-refractivity contribution in [1.29, 1.82) is 0 Å². The summed E-state index contributed by atoms with van der Waals surface area (Å²) in [6.45, 7) is 6.33. The number of furan rings is 1. The van der Waals surface area contributed by atoms with Crippen molar-refractivity contribution in [3.05, 3.63) is 47.7 Å². The van der Waals surface area contributed by atoms with Gasteiger partial charge >= 0.3 is 5.97 Å². The molecule has 2 N–H and O–H groups in total. The maximum Gasteiger partial charge on any atom is 0.342 e. The third-order valence-electron chi connectivity index (χ3n) is 4.29. The number of benzene rings is 1. The van der Waals surface area contributed by atoms with Crippen LogP contribution in [0.3, 0.4) is 0 Å². The molecule has 1 aromatic carbocycles. The zero-order valence-corrected chi connectivity index (χ0v) is 15.4. The average Bonchev–Trinajstić information content (AvgIpc) is 3.05. The lowest BCUT2D eigenvalue weighted by Gasteiger charge is -2.12. The molecule has 0 radical (unpaired) electrons. The Kier molecular flexibility index (Phi) is 5.26. The lowest BCUT2D eigenvalue weighted by atomic mass is 10.0. The van der Waals surface area contributed by atoms with Gasteiger partial charge in [-0.2, -0.15) is 0 Å². The molecule has 3 rings (SSSR count). The van der Waals surface area contributed by atoms with Crippen LogP contribution in [0.5, 0.6) is 0 Å². The SMILES string of the molecule is CCOC(=O)c1c(CCC(C)C)nc2oc(-c3ccccc3)cc2c1N. The number of nitrogens with zero attached hydrogens (tertiary/aromatic N) is 1. The predicted octanol–water partition coefficient (Wildman–Crippen LogP) is 4.84. The Morgan fingerprint density at radius 1 is 1.27 bits per heavy atom. The molecule has 0 unspecified atom stereocenters. The highest BCUT2D eigenvalue weighted by atomic mass is 16.5. The molecule has 0 aliphatic carbocycles. The molecular weight excluding hydrogens is 328 g/mol. The van der Waals surface area contributed by atoms with Crippen molar-refractivity contribution >= 4 is 22.8 Å². The minimum atomic E-state index is -0.430. The maximum atomic E-state index is 12.5. The summed E-state index contributed by atoms with van der Waals surface area (Å²) in [6, 6.07) is 11.6. The molecule has 0 atom stereocenters. The smallest absolute Gasteiger partial charge is 0.342 e. The van der Waals surface area contributed by atoms with E-state index in [1.807, 2.05) is 36.4 Å². The monoisotopic (exact) mass is 352 g/mol. The fourth-order valence-electron chi connectivity index (χ4n) is 2.91. The number of rotatable bonds is 6. The predicted molar refractivity (Wildman–Crippen MR) is 103 cm³/mol. The highest BCUT2D eigenvalue weighted by Gasteiger charge is 2.23. The van der Waals surface area contributed by atoms with Gasteiger partial charge in [-0.1, -0.05) is 44.2 Å². The zero-order chi connectivity index (χ0) is 18.7. The molecule has 0 fully saturated rings. The van der Waals surface area contributed by atoms with Crippen molar-refractivity contribution in [2.24, 2.45) is 5.92 Å². The Bertz CT molecular complexity index is 914. The van der Waals surface area contributed by atoms with Gasteiger partial charge in [0.25, 0.3) is 0 Å². The van der Waals surface area contributed by atoms with Gasteiger partial charge in [-0.3, -0.25) is 0 Å². The highest BCUT2D eigenvalue weighted by molar-refractivity contribution is 6.05. The van der Waals surface area contributed by atoms with Gasteiger partial charge in [-0.05, 0) is 31.7 Å². The molecule has 0 aliphatic heterocycles. The fourth-order valence-corrected chi connectivity index (χ4v) is 2.91. The van der Waals surface area contributed by atoms with Gasteiger partial charge in [0.05, 0.1) is 23.4 Å². The van der Waals surface area contributed by atoms with E-state index >= 15 is 0 Å². The number of ether oxygens (including phenoxy) is 1. The van der Waals surface area contributed by atoms with E-state index < -0.39 is 5.97 Å². The first kappa shape index (κ1) is 18.0. The van der Waals surface area contributed by atoms with Crippen LogP contribution in [0.25, 0.3) is 22.4 Å². The van der Waals surface area contributed by atoms with Gasteiger partial charge in [0.2, 0.25) is 5.71 Å². The second-order valence-corrected chi connectivity index (χ2v) is 6.70. The van der Waals surface area contributed by atoms with Gasteiger partial charge in [0.1, 0.15) is 11.3 Å². The normalized spacial score (nSPS) is 11.2. The van der Waals surface area contributed by atoms with E-state index in [4.69, 9.17) is 14.9 Å². The molecule has 3 aromatic rings. The zero-order valence-electron chi connectivity index (χ0n) is 15.4. The minimum Gasteiger partial charge on any atom is -0.462 e. The number of fused-ring (bicyclic) bond motifs is 1. The van der Waals surface area contributed by atoms with Crippen molar-refractivity contribution in [3.8, 4) is 11.3 Å². The van der Waals surface area contributed by atoms with E-state index in [2.05, 4.69) is 18.8 Å². The van der Waals surface area contributed by atoms with E-state index in [1.165, 1.54) is 0 Å². The van der Waals surface area contributed by atoms with Gasteiger partial charge in [0.15, 0.2) is 0 Å². The fraction of sp³-hybridized carbons (Fsp3) is 0.333. The lowest BCUT2D eigenvalue weighted by Crippen LogP contribution is -2.13. The second-order valence-electron chi connectivity index (χ2n) is 6.70. The number of nitrogens with two attached hydrogens (primary N) is 1. The first-order valence-electron chi connectivity index (χ1n) is 8.95. The molecular formula is C21H24N2O3. The first-order chi connectivity index (χ1) is 12.5. The Labute approximate surface area is 153 Å². The summed E-state index contributed by atoms with van der Waals surface area (Å²) in [5.74, 6) is 0.733. The van der Waals surface area contributed by atoms with Crippen LogP contribution >= 0.6 is 0 Å². The molecule has 0 aliphatic rings. The van der Waals surface area contributed by atoms with Crippen molar-refractivity contribution in [2.75, 3.05) is 12.3 Å². The molecule has 2 heterocycles. The Hall–Kier alpha value is -2.82. The van der Waals surface area contributed by atoms with Crippen LogP contribution in [0.4, 0.5) is 5.69 Å². The highest BCUT2D eigenvalue weighted by Crippen LogP contribution is 2.34. The Morgan fingerprint density at radius 3 is 2.65 bits per heavy atom. The van der Waals surface area contributed by atoms with Crippen LogP contribution in [0.2, 0.25) is 0 Å². The Balaban J connectivity index is 2.14. The molecule has 0 amide bonds. The van der Waals surface area contributed by atoms with Crippen LogP contribution in [0.1, 0.15) is 43.2 Å². The number of aryl methyl sites for hydroxylation is 1. The van der Waals surface area contributed by atoms with Crippen molar-refractivity contribution in [3.63, 3.8) is 0 Å². The van der Waals surface area contributed by atoms with Crippen LogP contribution in [0.15, 0.2) is 40.8 Å². The number of nitrogen functional groups attached to an aromatic ring is 1. The standard InChI is InChI=1S/C21H24N2O3/c1-4-25-21(24)18-16(11-10-13(2)3)23-20-15(19(18)22)12-17(26-20)14-8-6-5-7-9-14/h5-9,12-13H,4,10-11H2,1-3H3,(H2,22,23). The van der Waals surface area contributed by atoms with Crippen molar-refractivity contribution < 1.29 is 13.9 Å². The number of pyridine rings is 1. The van der Waals surface area contributed by atoms with Crippen LogP contribution in [-0.2, 0) is 11.2 Å². The third-order valence-corrected chi connectivity index (χ3v) is 4.29. The summed E-state index contributed by atoms with van der Waals surface area (Å²) >= 11 is 0. The van der Waals surface area contributed by atoms with Gasteiger partial charge in [-0.25, -0.2) is 9.78 Å². The van der Waals surface area contributed by atoms with Crippen molar-refractivity contribution in [1.82, 2.24) is 4.98 Å². The molecule has 5 nitrogen and oxygen atoms in total. The summed E-state index contributed by atoms with van der Waals surface area (Å²) in [6.07, 6.45) is 1.55. The minimum absolute atomic E-state index is 0.292. The second kappa shape index (κ2) is 7.60. The third kappa shape index (κ3) is 3.57. The number of aromatic nitrogens is 1. The van der Waals surface area contributed by atoms with Crippen LogP contribution in [0, 0.1) is 5.92 Å². The van der Waals surface area contributed by atoms with E-state index in [-0.39, 0.29) is 0 Å². The molecule has 0 saturated heterocycles. The summed E-state index contributed by atoms with van der Waals surface area (Å²) in [5, 5.41) is 0.639. The number of esters is 1. The maximum absolute atomic E-state index is 12.5. The van der Waals surface area contributed by atoms with Gasteiger partial charge < -0.3 is 14.9 Å². The number of anilines is 1. The molecule has 136 valence electrons.